The fourth-order valence-corrected chi connectivity index (χ4v) is 5.14. The summed E-state index contributed by atoms with van der Waals surface area (Å²) in [5.74, 6) is 0. The molecule has 0 unspecified atom stereocenters. The van der Waals surface area contributed by atoms with Crippen molar-refractivity contribution in [1.82, 2.24) is 0 Å². The minimum absolute atomic E-state index is 1.17. The second kappa shape index (κ2) is 10.6. The third kappa shape index (κ3) is 4.75. The Morgan fingerprint density at radius 2 is 0.658 bits per heavy atom. The second-order valence-corrected chi connectivity index (χ2v) is 9.49. The van der Waals surface area contributed by atoms with Gasteiger partial charge in [0.25, 0.3) is 0 Å². The van der Waals surface area contributed by atoms with Gasteiger partial charge >= 0.3 is 0 Å². The molecule has 0 aromatic heterocycles. The van der Waals surface area contributed by atoms with Crippen molar-refractivity contribution in [3.8, 4) is 44.5 Å². The first-order valence-corrected chi connectivity index (χ1v) is 13.0. The summed E-state index contributed by atoms with van der Waals surface area (Å²) in [6, 6.07) is 56.1. The number of benzene rings is 6. The van der Waals surface area contributed by atoms with Crippen LogP contribution in [-0.2, 0) is 0 Å². The van der Waals surface area contributed by atoms with E-state index in [0.29, 0.717) is 0 Å². The molecule has 6 aromatic carbocycles. The highest BCUT2D eigenvalue weighted by molar-refractivity contribution is 5.89. The molecule has 182 valence electrons. The highest BCUT2D eigenvalue weighted by Gasteiger charge is 2.15. The predicted octanol–water partition coefficient (Wildman–Crippen LogP) is 10.1. The van der Waals surface area contributed by atoms with Crippen LogP contribution in [0, 0.1) is 0 Å². The number of rotatable bonds is 6. The summed E-state index contributed by atoms with van der Waals surface area (Å²) in [5.41, 5.74) is 12.1. The van der Waals surface area contributed by atoms with Crippen LogP contribution < -0.4 is 4.90 Å². The molecule has 0 aliphatic rings. The molecule has 1 heteroatoms. The number of anilines is 2. The standard InChI is InChI=1S/C37H29N/c1-38(36-24-10-8-22-34(36)32-20-12-18-30(26-32)28-14-4-2-5-15-28)37-25-11-9-23-35(37)33-21-13-19-31(27-33)29-16-6-3-7-17-29/h2-27H,1H3. The van der Waals surface area contributed by atoms with E-state index in [1.165, 1.54) is 55.9 Å². The van der Waals surface area contributed by atoms with Crippen LogP contribution in [0.1, 0.15) is 0 Å². The molecule has 1 nitrogen and oxygen atoms in total. The molecule has 0 N–H and O–H groups in total. The smallest absolute Gasteiger partial charge is 0.0487 e. The van der Waals surface area contributed by atoms with Gasteiger partial charge in [-0.25, -0.2) is 0 Å². The maximum atomic E-state index is 2.31. The van der Waals surface area contributed by atoms with E-state index in [2.05, 4.69) is 170 Å². The summed E-state index contributed by atoms with van der Waals surface area (Å²) in [7, 11) is 2.17. The number of para-hydroxylation sites is 2. The normalized spacial score (nSPS) is 10.8. The van der Waals surface area contributed by atoms with Gasteiger partial charge in [-0.1, -0.05) is 133 Å². The number of hydrogen-bond acceptors (Lipinski definition) is 1. The third-order valence-electron chi connectivity index (χ3n) is 7.09. The van der Waals surface area contributed by atoms with Crippen molar-refractivity contribution in [2.45, 2.75) is 0 Å². The van der Waals surface area contributed by atoms with Crippen LogP contribution >= 0.6 is 0 Å². The molecule has 6 aromatic rings. The molecule has 0 bridgehead atoms. The summed E-state index contributed by atoms with van der Waals surface area (Å²) >= 11 is 0. The molecule has 0 amide bonds. The first kappa shape index (κ1) is 23.5. The van der Waals surface area contributed by atoms with Crippen molar-refractivity contribution >= 4 is 11.4 Å². The summed E-state index contributed by atoms with van der Waals surface area (Å²) in [5, 5.41) is 0. The van der Waals surface area contributed by atoms with Crippen LogP contribution in [0.25, 0.3) is 44.5 Å². The van der Waals surface area contributed by atoms with Gasteiger partial charge in [-0.2, -0.15) is 0 Å². The maximum Gasteiger partial charge on any atom is 0.0487 e. The Bertz CT molecular complexity index is 1540. The number of hydrogen-bond donors (Lipinski definition) is 0. The lowest BCUT2D eigenvalue weighted by atomic mass is 9.96. The van der Waals surface area contributed by atoms with Crippen LogP contribution in [0.2, 0.25) is 0 Å². The molecule has 0 aliphatic carbocycles. The highest BCUT2D eigenvalue weighted by atomic mass is 15.1. The fourth-order valence-electron chi connectivity index (χ4n) is 5.14. The van der Waals surface area contributed by atoms with Crippen molar-refractivity contribution in [3.63, 3.8) is 0 Å². The van der Waals surface area contributed by atoms with Gasteiger partial charge in [0.2, 0.25) is 0 Å². The minimum Gasteiger partial charge on any atom is -0.344 e. The van der Waals surface area contributed by atoms with Gasteiger partial charge in [-0.3, -0.25) is 0 Å². The van der Waals surface area contributed by atoms with Crippen LogP contribution in [-0.4, -0.2) is 7.05 Å². The van der Waals surface area contributed by atoms with Gasteiger partial charge in [-0.15, -0.1) is 0 Å². The van der Waals surface area contributed by atoms with Crippen LogP contribution in [0.3, 0.4) is 0 Å². The third-order valence-corrected chi connectivity index (χ3v) is 7.09. The average Bonchev–Trinajstić information content (AvgIpc) is 3.02. The Morgan fingerprint density at radius 1 is 0.316 bits per heavy atom. The Kier molecular flexibility index (Phi) is 6.57. The Hall–Kier alpha value is -4.88. The monoisotopic (exact) mass is 487 g/mol. The van der Waals surface area contributed by atoms with E-state index in [0.717, 1.165) is 0 Å². The quantitative estimate of drug-likeness (QED) is 0.226. The largest absolute Gasteiger partial charge is 0.344 e. The Morgan fingerprint density at radius 3 is 1.11 bits per heavy atom. The maximum absolute atomic E-state index is 2.31. The first-order valence-electron chi connectivity index (χ1n) is 13.0. The van der Waals surface area contributed by atoms with E-state index < -0.39 is 0 Å². The van der Waals surface area contributed by atoms with Gasteiger partial charge in [0.05, 0.1) is 0 Å². The van der Waals surface area contributed by atoms with E-state index in [1.54, 1.807) is 0 Å². The zero-order chi connectivity index (χ0) is 25.7. The van der Waals surface area contributed by atoms with Crippen LogP contribution in [0.15, 0.2) is 158 Å². The molecule has 0 spiro atoms. The van der Waals surface area contributed by atoms with Gasteiger partial charge in [0.15, 0.2) is 0 Å². The molecule has 0 saturated heterocycles. The SMILES string of the molecule is CN(c1ccccc1-c1cccc(-c2ccccc2)c1)c1ccccc1-c1cccc(-c2ccccc2)c1. The van der Waals surface area contributed by atoms with Crippen molar-refractivity contribution in [3.05, 3.63) is 158 Å². The van der Waals surface area contributed by atoms with Crippen molar-refractivity contribution < 1.29 is 0 Å². The van der Waals surface area contributed by atoms with Gasteiger partial charge in [0, 0.05) is 29.5 Å². The fraction of sp³-hybridized carbons (Fsp3) is 0.0270. The molecule has 0 atom stereocenters. The van der Waals surface area contributed by atoms with Gasteiger partial charge < -0.3 is 4.90 Å². The molecule has 0 heterocycles. The van der Waals surface area contributed by atoms with E-state index in [9.17, 15) is 0 Å². The topological polar surface area (TPSA) is 3.24 Å². The lowest BCUT2D eigenvalue weighted by Crippen LogP contribution is -2.11. The summed E-state index contributed by atoms with van der Waals surface area (Å²) < 4.78 is 0. The minimum atomic E-state index is 1.17. The van der Waals surface area contributed by atoms with Crippen molar-refractivity contribution in [2.75, 3.05) is 11.9 Å². The summed E-state index contributed by atoms with van der Waals surface area (Å²) in [4.78, 5) is 2.31. The predicted molar refractivity (Wildman–Crippen MR) is 163 cm³/mol. The number of nitrogens with zero attached hydrogens (tertiary/aromatic N) is 1. The second-order valence-electron chi connectivity index (χ2n) is 9.49. The lowest BCUT2D eigenvalue weighted by molar-refractivity contribution is 1.21. The van der Waals surface area contributed by atoms with Crippen molar-refractivity contribution in [1.29, 1.82) is 0 Å². The van der Waals surface area contributed by atoms with E-state index >= 15 is 0 Å². The van der Waals surface area contributed by atoms with Crippen LogP contribution in [0.5, 0.6) is 0 Å². The zero-order valence-electron chi connectivity index (χ0n) is 21.5. The van der Waals surface area contributed by atoms with E-state index in [1.807, 2.05) is 0 Å². The summed E-state index contributed by atoms with van der Waals surface area (Å²) in [6.45, 7) is 0. The first-order chi connectivity index (χ1) is 18.8. The molecule has 0 saturated carbocycles. The van der Waals surface area contributed by atoms with Crippen molar-refractivity contribution in [2.24, 2.45) is 0 Å². The molecule has 0 fully saturated rings. The van der Waals surface area contributed by atoms with Gasteiger partial charge in [0.1, 0.15) is 0 Å². The Labute approximate surface area is 225 Å². The zero-order valence-corrected chi connectivity index (χ0v) is 21.5. The molecule has 0 radical (unpaired) electrons. The summed E-state index contributed by atoms with van der Waals surface area (Å²) in [6.07, 6.45) is 0. The van der Waals surface area contributed by atoms with Crippen LogP contribution in [0.4, 0.5) is 11.4 Å². The van der Waals surface area contributed by atoms with Gasteiger partial charge in [-0.05, 0) is 57.6 Å². The molecular formula is C37H29N. The highest BCUT2D eigenvalue weighted by Crippen LogP contribution is 2.40. The molecular weight excluding hydrogens is 458 g/mol. The Balaban J connectivity index is 1.41. The van der Waals surface area contributed by atoms with E-state index in [4.69, 9.17) is 0 Å². The lowest BCUT2D eigenvalue weighted by Gasteiger charge is -2.26. The molecule has 6 rings (SSSR count). The average molecular weight is 488 g/mol. The molecule has 0 aliphatic heterocycles. The van der Waals surface area contributed by atoms with E-state index in [-0.39, 0.29) is 0 Å². The molecule has 38 heavy (non-hydrogen) atoms.